The van der Waals surface area contributed by atoms with Crippen LogP contribution in [0.25, 0.3) is 0 Å². The van der Waals surface area contributed by atoms with Crippen LogP contribution in [0.4, 0.5) is 0 Å². The molecule has 4 nitrogen and oxygen atoms in total. The normalized spacial score (nSPS) is 13.8. The largest absolute Gasteiger partial charge is 0.479 e. The van der Waals surface area contributed by atoms with Gasteiger partial charge in [0, 0.05) is 11.6 Å². The van der Waals surface area contributed by atoms with Crippen molar-refractivity contribution in [2.24, 2.45) is 0 Å². The Bertz CT molecular complexity index is 445. The van der Waals surface area contributed by atoms with Crippen LogP contribution in [0, 0.1) is 6.92 Å². The molecule has 0 radical (unpaired) electrons. The number of ether oxygens (including phenoxy) is 1. The fourth-order valence-corrected chi connectivity index (χ4v) is 2.03. The molecule has 0 spiro atoms. The molecule has 1 rings (SSSR count). The minimum atomic E-state index is -0.922. The quantitative estimate of drug-likeness (QED) is 0.766. The van der Waals surface area contributed by atoms with Crippen LogP contribution in [0.15, 0.2) is 18.2 Å². The van der Waals surface area contributed by atoms with E-state index in [-0.39, 0.29) is 6.04 Å². The lowest BCUT2D eigenvalue weighted by Gasteiger charge is -2.21. The van der Waals surface area contributed by atoms with Gasteiger partial charge in [-0.05, 0) is 44.9 Å². The average molecular weight is 279 g/mol. The van der Waals surface area contributed by atoms with Gasteiger partial charge in [-0.15, -0.1) is 0 Å². The van der Waals surface area contributed by atoms with E-state index in [0.29, 0.717) is 12.2 Å². The van der Waals surface area contributed by atoms with Crippen LogP contribution in [-0.2, 0) is 4.79 Å². The number of hydrogen-bond donors (Lipinski definition) is 2. The zero-order valence-electron chi connectivity index (χ0n) is 12.8. The van der Waals surface area contributed by atoms with E-state index in [4.69, 9.17) is 9.84 Å². The summed E-state index contributed by atoms with van der Waals surface area (Å²) >= 11 is 0. The number of carboxylic acid groups (broad SMARTS) is 1. The van der Waals surface area contributed by atoms with Crippen molar-refractivity contribution in [3.8, 4) is 5.75 Å². The molecule has 112 valence electrons. The molecule has 0 fully saturated rings. The van der Waals surface area contributed by atoms with Crippen molar-refractivity contribution in [2.75, 3.05) is 6.54 Å². The Balaban J connectivity index is 2.97. The minimum absolute atomic E-state index is 0.136. The highest BCUT2D eigenvalue weighted by Gasteiger charge is 2.20. The molecule has 1 aromatic rings. The molecule has 20 heavy (non-hydrogen) atoms. The minimum Gasteiger partial charge on any atom is -0.479 e. The van der Waals surface area contributed by atoms with Crippen molar-refractivity contribution in [1.29, 1.82) is 0 Å². The van der Waals surface area contributed by atoms with Gasteiger partial charge in [-0.2, -0.15) is 0 Å². The smallest absolute Gasteiger partial charge is 0.344 e. The SMILES string of the molecule is CCCNC(C)c1ccc(C)cc1OC(CC)C(=O)O. The number of carboxylic acids is 1. The Morgan fingerprint density at radius 3 is 2.65 bits per heavy atom. The van der Waals surface area contributed by atoms with Crippen LogP contribution in [-0.4, -0.2) is 23.7 Å². The Hall–Kier alpha value is -1.55. The number of nitrogens with one attached hydrogen (secondary N) is 1. The van der Waals surface area contributed by atoms with Crippen molar-refractivity contribution in [3.63, 3.8) is 0 Å². The second-order valence-corrected chi connectivity index (χ2v) is 5.07. The van der Waals surface area contributed by atoms with Gasteiger partial charge in [-0.1, -0.05) is 26.0 Å². The lowest BCUT2D eigenvalue weighted by atomic mass is 10.0. The van der Waals surface area contributed by atoms with Crippen LogP contribution in [0.5, 0.6) is 5.75 Å². The molecule has 0 aliphatic carbocycles. The van der Waals surface area contributed by atoms with Gasteiger partial charge >= 0.3 is 5.97 Å². The molecule has 4 heteroatoms. The lowest BCUT2D eigenvalue weighted by Crippen LogP contribution is -2.27. The maximum atomic E-state index is 11.1. The van der Waals surface area contributed by atoms with Gasteiger partial charge in [0.25, 0.3) is 0 Å². The van der Waals surface area contributed by atoms with Crippen LogP contribution in [0.2, 0.25) is 0 Å². The number of hydrogen-bond acceptors (Lipinski definition) is 3. The van der Waals surface area contributed by atoms with E-state index >= 15 is 0 Å². The zero-order valence-corrected chi connectivity index (χ0v) is 12.8. The number of carbonyl (C=O) groups is 1. The topological polar surface area (TPSA) is 58.6 Å². The molecule has 2 unspecified atom stereocenters. The highest BCUT2D eigenvalue weighted by atomic mass is 16.5. The Kier molecular flexibility index (Phi) is 6.52. The Morgan fingerprint density at radius 2 is 2.10 bits per heavy atom. The maximum absolute atomic E-state index is 11.1. The van der Waals surface area contributed by atoms with Crippen LogP contribution < -0.4 is 10.1 Å². The summed E-state index contributed by atoms with van der Waals surface area (Å²) in [6.07, 6.45) is 0.701. The Labute approximate surface area is 121 Å². The molecule has 0 aliphatic heterocycles. The third kappa shape index (κ3) is 4.53. The predicted molar refractivity (Wildman–Crippen MR) is 80.2 cm³/mol. The molecule has 0 aliphatic rings. The summed E-state index contributed by atoms with van der Waals surface area (Å²) in [5.41, 5.74) is 2.07. The molecule has 0 saturated carbocycles. The summed E-state index contributed by atoms with van der Waals surface area (Å²) in [6, 6.07) is 6.07. The van der Waals surface area contributed by atoms with E-state index < -0.39 is 12.1 Å². The monoisotopic (exact) mass is 279 g/mol. The number of rotatable bonds is 8. The van der Waals surface area contributed by atoms with E-state index in [9.17, 15) is 4.79 Å². The van der Waals surface area contributed by atoms with Gasteiger partial charge in [0.1, 0.15) is 5.75 Å². The summed E-state index contributed by atoms with van der Waals surface area (Å²) in [7, 11) is 0. The summed E-state index contributed by atoms with van der Waals surface area (Å²) in [6.45, 7) is 8.89. The van der Waals surface area contributed by atoms with Crippen molar-refractivity contribution < 1.29 is 14.6 Å². The van der Waals surface area contributed by atoms with E-state index in [1.54, 1.807) is 0 Å². The van der Waals surface area contributed by atoms with Crippen molar-refractivity contribution >= 4 is 5.97 Å². The standard InChI is InChI=1S/C16H25NO3/c1-5-9-17-12(4)13-8-7-11(3)10-15(13)20-14(6-2)16(18)19/h7-8,10,12,14,17H,5-6,9H2,1-4H3,(H,18,19). The fourth-order valence-electron chi connectivity index (χ4n) is 2.03. The number of benzene rings is 1. The molecule has 0 amide bonds. The molecule has 1 aromatic carbocycles. The van der Waals surface area contributed by atoms with Crippen molar-refractivity contribution in [2.45, 2.75) is 52.7 Å². The van der Waals surface area contributed by atoms with Crippen molar-refractivity contribution in [3.05, 3.63) is 29.3 Å². The van der Waals surface area contributed by atoms with Gasteiger partial charge in [0.05, 0.1) is 0 Å². The second kappa shape index (κ2) is 7.90. The average Bonchev–Trinajstić information content (AvgIpc) is 2.41. The second-order valence-electron chi connectivity index (χ2n) is 5.07. The lowest BCUT2D eigenvalue weighted by molar-refractivity contribution is -0.145. The first-order valence-corrected chi connectivity index (χ1v) is 7.22. The first kappa shape index (κ1) is 16.5. The van der Waals surface area contributed by atoms with Crippen LogP contribution in [0.1, 0.15) is 50.8 Å². The third-order valence-electron chi connectivity index (χ3n) is 3.25. The zero-order chi connectivity index (χ0) is 15.1. The molecule has 2 N–H and O–H groups in total. The first-order valence-electron chi connectivity index (χ1n) is 7.22. The molecule has 0 heterocycles. The van der Waals surface area contributed by atoms with Crippen molar-refractivity contribution in [1.82, 2.24) is 5.32 Å². The third-order valence-corrected chi connectivity index (χ3v) is 3.25. The number of aliphatic carboxylic acids is 1. The summed E-state index contributed by atoms with van der Waals surface area (Å²) in [5, 5.41) is 12.5. The fraction of sp³-hybridized carbons (Fsp3) is 0.562. The van der Waals surface area contributed by atoms with Gasteiger partial charge in [-0.25, -0.2) is 4.79 Å². The van der Waals surface area contributed by atoms with E-state index in [1.165, 1.54) is 0 Å². The van der Waals surface area contributed by atoms with Gasteiger partial charge in [0.2, 0.25) is 0 Å². The van der Waals surface area contributed by atoms with Crippen LogP contribution in [0.3, 0.4) is 0 Å². The molecule has 0 bridgehead atoms. The van der Waals surface area contributed by atoms with Gasteiger partial charge in [0.15, 0.2) is 6.10 Å². The Morgan fingerprint density at radius 1 is 1.40 bits per heavy atom. The molecular formula is C16H25NO3. The molecule has 0 aromatic heterocycles. The first-order chi connectivity index (χ1) is 9.49. The highest BCUT2D eigenvalue weighted by Crippen LogP contribution is 2.27. The van der Waals surface area contributed by atoms with Gasteiger partial charge in [-0.3, -0.25) is 0 Å². The summed E-state index contributed by atoms with van der Waals surface area (Å²) in [5.74, 6) is -0.260. The van der Waals surface area contributed by atoms with Crippen LogP contribution >= 0.6 is 0 Å². The number of aryl methyl sites for hydroxylation is 1. The van der Waals surface area contributed by atoms with E-state index in [1.807, 2.05) is 32.0 Å². The molecular weight excluding hydrogens is 254 g/mol. The predicted octanol–water partition coefficient (Wildman–Crippen LogP) is 3.30. The summed E-state index contributed by atoms with van der Waals surface area (Å²) < 4.78 is 5.70. The van der Waals surface area contributed by atoms with E-state index in [0.717, 1.165) is 24.1 Å². The maximum Gasteiger partial charge on any atom is 0.344 e. The molecule has 2 atom stereocenters. The summed E-state index contributed by atoms with van der Waals surface area (Å²) in [4.78, 5) is 11.1. The van der Waals surface area contributed by atoms with Gasteiger partial charge < -0.3 is 15.2 Å². The highest BCUT2D eigenvalue weighted by molar-refractivity contribution is 5.72. The van der Waals surface area contributed by atoms with E-state index in [2.05, 4.69) is 19.2 Å². The molecule has 0 saturated heterocycles.